The predicted molar refractivity (Wildman–Crippen MR) is 120 cm³/mol. The molecule has 3 aliphatic rings. The maximum Gasteiger partial charge on any atom is 0.293 e. The van der Waals surface area contributed by atoms with Crippen LogP contribution in [0.15, 0.2) is 36.4 Å². The summed E-state index contributed by atoms with van der Waals surface area (Å²) in [5.74, 6) is 0.741. The zero-order chi connectivity index (χ0) is 23.2. The molecule has 0 aliphatic carbocycles. The van der Waals surface area contributed by atoms with E-state index in [1.807, 2.05) is 4.90 Å². The molecule has 1 amide bonds. The second kappa shape index (κ2) is 8.06. The van der Waals surface area contributed by atoms with Gasteiger partial charge in [-0.2, -0.15) is 0 Å². The van der Waals surface area contributed by atoms with Crippen molar-refractivity contribution in [3.63, 3.8) is 0 Å². The first kappa shape index (κ1) is 21.2. The number of nitrogens with zero attached hydrogens (tertiary/aromatic N) is 3. The lowest BCUT2D eigenvalue weighted by atomic mass is 9.89. The predicted octanol–water partition coefficient (Wildman–Crippen LogP) is 3.45. The molecule has 0 saturated carbocycles. The van der Waals surface area contributed by atoms with Crippen LogP contribution in [0.1, 0.15) is 46.4 Å². The molecular formula is C24H25N3O6. The maximum atomic E-state index is 13.2. The highest BCUT2D eigenvalue weighted by Crippen LogP contribution is 2.40. The summed E-state index contributed by atoms with van der Waals surface area (Å²) in [7, 11) is 1.54. The topological polar surface area (TPSA) is 102 Å². The van der Waals surface area contributed by atoms with Gasteiger partial charge in [0.25, 0.3) is 11.6 Å². The third-order valence-corrected chi connectivity index (χ3v) is 6.77. The van der Waals surface area contributed by atoms with E-state index in [0.29, 0.717) is 35.7 Å². The van der Waals surface area contributed by atoms with E-state index in [4.69, 9.17) is 9.47 Å². The molecule has 0 N–H and O–H groups in total. The van der Waals surface area contributed by atoms with Crippen LogP contribution in [0.5, 0.6) is 11.5 Å². The summed E-state index contributed by atoms with van der Waals surface area (Å²) in [6.45, 7) is 2.23. The third-order valence-electron chi connectivity index (χ3n) is 6.77. The van der Waals surface area contributed by atoms with Gasteiger partial charge in [0.1, 0.15) is 22.8 Å². The van der Waals surface area contributed by atoms with Crippen molar-refractivity contribution in [2.45, 2.75) is 31.3 Å². The van der Waals surface area contributed by atoms with Crippen molar-refractivity contribution < 1.29 is 24.0 Å². The number of carbonyl (C=O) groups excluding carboxylic acids is 2. The minimum Gasteiger partial charge on any atom is -0.497 e. The fourth-order valence-corrected chi connectivity index (χ4v) is 5.06. The molecule has 1 spiro atoms. The van der Waals surface area contributed by atoms with Gasteiger partial charge in [-0.1, -0.05) is 0 Å². The standard InChI is InChI=1S/C24H25N3O6/c1-32-17-5-7-22-18(13-17)21(28)14-24(33-22)8-11-26(15-24)23(29)16-4-6-19(20(12-16)27(30)31)25-9-2-3-10-25/h4-7,12-13H,2-3,8-11,14-15H2,1H3. The van der Waals surface area contributed by atoms with E-state index in [9.17, 15) is 19.7 Å². The van der Waals surface area contributed by atoms with Gasteiger partial charge >= 0.3 is 0 Å². The number of ketones is 1. The number of hydrogen-bond donors (Lipinski definition) is 0. The SMILES string of the molecule is COc1ccc2c(c1)C(=O)CC1(CCN(C(=O)c3ccc(N4CCCC4)c([N+](=O)[O-])c3)C1)O2. The number of nitro benzene ring substituents is 1. The molecular weight excluding hydrogens is 426 g/mol. The average Bonchev–Trinajstić information content (AvgIpc) is 3.49. The molecule has 0 aromatic heterocycles. The normalized spacial score (nSPS) is 21.8. The van der Waals surface area contributed by atoms with Gasteiger partial charge in [0.15, 0.2) is 5.78 Å². The quantitative estimate of drug-likeness (QED) is 0.518. The Labute approximate surface area is 191 Å². The van der Waals surface area contributed by atoms with Gasteiger partial charge in [-0.25, -0.2) is 0 Å². The number of methoxy groups -OCH3 is 1. The number of benzene rings is 2. The molecule has 33 heavy (non-hydrogen) atoms. The number of amides is 1. The summed E-state index contributed by atoms with van der Waals surface area (Å²) >= 11 is 0. The number of rotatable bonds is 4. The van der Waals surface area contributed by atoms with Crippen LogP contribution >= 0.6 is 0 Å². The molecule has 0 radical (unpaired) electrons. The summed E-state index contributed by atoms with van der Waals surface area (Å²) in [5, 5.41) is 11.7. The van der Waals surface area contributed by atoms with Crippen molar-refractivity contribution in [1.82, 2.24) is 4.90 Å². The minimum absolute atomic E-state index is 0.0462. The summed E-state index contributed by atoms with van der Waals surface area (Å²) in [6.07, 6.45) is 2.69. The molecule has 2 fully saturated rings. The van der Waals surface area contributed by atoms with Crippen LogP contribution in [0.3, 0.4) is 0 Å². The monoisotopic (exact) mass is 451 g/mol. The molecule has 3 heterocycles. The first-order chi connectivity index (χ1) is 15.9. The Morgan fingerprint density at radius 3 is 2.67 bits per heavy atom. The second-order valence-electron chi connectivity index (χ2n) is 8.88. The van der Waals surface area contributed by atoms with Gasteiger partial charge < -0.3 is 19.3 Å². The largest absolute Gasteiger partial charge is 0.497 e. The van der Waals surface area contributed by atoms with Gasteiger partial charge in [-0.15, -0.1) is 0 Å². The fraction of sp³-hybridized carbons (Fsp3) is 0.417. The molecule has 9 nitrogen and oxygen atoms in total. The molecule has 0 bridgehead atoms. The lowest BCUT2D eigenvalue weighted by molar-refractivity contribution is -0.384. The van der Waals surface area contributed by atoms with Gasteiger partial charge in [0.2, 0.25) is 0 Å². The fourth-order valence-electron chi connectivity index (χ4n) is 5.06. The summed E-state index contributed by atoms with van der Waals surface area (Å²) in [4.78, 5) is 40.9. The van der Waals surface area contributed by atoms with E-state index < -0.39 is 10.5 Å². The van der Waals surface area contributed by atoms with Crippen LogP contribution in [0, 0.1) is 10.1 Å². The summed E-state index contributed by atoms with van der Waals surface area (Å²) in [6, 6.07) is 9.83. The number of hydrogen-bond acceptors (Lipinski definition) is 7. The number of likely N-dealkylation sites (tertiary alicyclic amines) is 1. The molecule has 2 aromatic carbocycles. The van der Waals surface area contributed by atoms with E-state index in [2.05, 4.69) is 0 Å². The second-order valence-corrected chi connectivity index (χ2v) is 8.88. The summed E-state index contributed by atoms with van der Waals surface area (Å²) < 4.78 is 11.4. The van der Waals surface area contributed by atoms with Crippen LogP contribution in [0.25, 0.3) is 0 Å². The molecule has 1 atom stereocenters. The van der Waals surface area contributed by atoms with Crippen molar-refractivity contribution in [3.8, 4) is 11.5 Å². The molecule has 9 heteroatoms. The van der Waals surface area contributed by atoms with Gasteiger partial charge in [-0.05, 0) is 43.2 Å². The van der Waals surface area contributed by atoms with Crippen molar-refractivity contribution in [2.24, 2.45) is 0 Å². The highest BCUT2D eigenvalue weighted by Gasteiger charge is 2.47. The molecule has 172 valence electrons. The molecule has 5 rings (SSSR count). The Morgan fingerprint density at radius 1 is 1.15 bits per heavy atom. The summed E-state index contributed by atoms with van der Waals surface area (Å²) in [5.41, 5.74) is 0.478. The molecule has 2 saturated heterocycles. The van der Waals surface area contributed by atoms with Gasteiger partial charge in [-0.3, -0.25) is 19.7 Å². The lowest BCUT2D eigenvalue weighted by Crippen LogP contribution is -2.45. The molecule has 3 aliphatic heterocycles. The van der Waals surface area contributed by atoms with Gasteiger partial charge in [0, 0.05) is 37.7 Å². The highest BCUT2D eigenvalue weighted by molar-refractivity contribution is 6.01. The van der Waals surface area contributed by atoms with E-state index in [1.54, 1.807) is 42.3 Å². The number of Topliss-reactive ketones (excluding diaryl/α,β-unsaturated/α-hetero) is 1. The zero-order valence-corrected chi connectivity index (χ0v) is 18.4. The van der Waals surface area contributed by atoms with Crippen molar-refractivity contribution >= 4 is 23.1 Å². The van der Waals surface area contributed by atoms with Crippen LogP contribution in [0.2, 0.25) is 0 Å². The number of nitro groups is 1. The highest BCUT2D eigenvalue weighted by atomic mass is 16.6. The molecule has 1 unspecified atom stereocenters. The lowest BCUT2D eigenvalue weighted by Gasteiger charge is -2.34. The minimum atomic E-state index is -0.782. The Kier molecular flexibility index (Phi) is 5.19. The first-order valence-corrected chi connectivity index (χ1v) is 11.1. The van der Waals surface area contributed by atoms with Crippen molar-refractivity contribution in [1.29, 1.82) is 0 Å². The Morgan fingerprint density at radius 2 is 1.94 bits per heavy atom. The van der Waals surface area contributed by atoms with Gasteiger partial charge in [0.05, 0.1) is 30.6 Å². The van der Waals surface area contributed by atoms with E-state index in [1.165, 1.54) is 6.07 Å². The average molecular weight is 451 g/mol. The van der Waals surface area contributed by atoms with Crippen molar-refractivity contribution in [2.75, 3.05) is 38.2 Å². The van der Waals surface area contributed by atoms with Crippen LogP contribution < -0.4 is 14.4 Å². The van der Waals surface area contributed by atoms with Crippen LogP contribution in [0.4, 0.5) is 11.4 Å². The Balaban J connectivity index is 1.36. The number of anilines is 1. The molecule has 2 aromatic rings. The van der Waals surface area contributed by atoms with E-state index in [0.717, 1.165) is 25.9 Å². The Bertz CT molecular complexity index is 1140. The third kappa shape index (κ3) is 3.77. The number of ether oxygens (including phenoxy) is 2. The van der Waals surface area contributed by atoms with Crippen LogP contribution in [-0.2, 0) is 0 Å². The maximum absolute atomic E-state index is 13.2. The zero-order valence-electron chi connectivity index (χ0n) is 18.4. The number of fused-ring (bicyclic) bond motifs is 1. The van der Waals surface area contributed by atoms with E-state index in [-0.39, 0.29) is 35.9 Å². The Hall–Kier alpha value is -3.62. The first-order valence-electron chi connectivity index (χ1n) is 11.1. The smallest absolute Gasteiger partial charge is 0.293 e. The number of carbonyl (C=O) groups is 2. The van der Waals surface area contributed by atoms with E-state index >= 15 is 0 Å². The van der Waals surface area contributed by atoms with Crippen molar-refractivity contribution in [3.05, 3.63) is 57.6 Å². The van der Waals surface area contributed by atoms with Crippen LogP contribution in [-0.4, -0.2) is 60.4 Å².